The van der Waals surface area contributed by atoms with Gasteiger partial charge in [-0.05, 0) is 14.1 Å². The largest absolute Gasteiger partial charge is 0.480 e. The van der Waals surface area contributed by atoms with Crippen LogP contribution in [0.4, 0.5) is 0 Å². The van der Waals surface area contributed by atoms with Crippen LogP contribution in [0.1, 0.15) is 0 Å². The number of carboxylic acid groups (broad SMARTS) is 1. The highest BCUT2D eigenvalue weighted by atomic mass is 16.5. The normalized spacial score (nSPS) is 12.6. The molecular formula is C7H14N2O4. The molecule has 0 saturated heterocycles. The van der Waals surface area contributed by atoms with Crippen LogP contribution in [-0.2, 0) is 14.3 Å². The van der Waals surface area contributed by atoms with Crippen LogP contribution in [0, 0.1) is 0 Å². The van der Waals surface area contributed by atoms with Gasteiger partial charge in [-0.3, -0.25) is 14.5 Å². The second-order valence-electron chi connectivity index (χ2n) is 2.87. The Morgan fingerprint density at radius 1 is 1.54 bits per heavy atom. The number of carbonyl (C=O) groups is 2. The number of ether oxygens (including phenoxy) is 1. The van der Waals surface area contributed by atoms with E-state index in [2.05, 4.69) is 4.74 Å². The Morgan fingerprint density at radius 2 is 2.08 bits per heavy atom. The first kappa shape index (κ1) is 11.9. The van der Waals surface area contributed by atoms with Gasteiger partial charge in [-0.25, -0.2) is 0 Å². The molecule has 0 aromatic heterocycles. The van der Waals surface area contributed by atoms with Gasteiger partial charge in [0.15, 0.2) is 0 Å². The summed E-state index contributed by atoms with van der Waals surface area (Å²) in [7, 11) is 3.41. The Balaban J connectivity index is 3.64. The standard InChI is InChI=1S/C7H14N2O4/c1-9(2)3-6(10)13-4-5(8)7(11)12/h5H,3-4,8H2,1-2H3,(H,11,12)/t5-/m1/s1. The fourth-order valence-electron chi connectivity index (χ4n) is 0.558. The number of likely N-dealkylation sites (N-methyl/N-ethyl adjacent to an activating group) is 1. The molecule has 0 aromatic rings. The van der Waals surface area contributed by atoms with Crippen molar-refractivity contribution in [3.8, 4) is 0 Å². The van der Waals surface area contributed by atoms with E-state index in [1.807, 2.05) is 0 Å². The maximum absolute atomic E-state index is 10.9. The van der Waals surface area contributed by atoms with Gasteiger partial charge in [0, 0.05) is 0 Å². The molecule has 1 atom stereocenters. The van der Waals surface area contributed by atoms with Gasteiger partial charge in [-0.15, -0.1) is 0 Å². The van der Waals surface area contributed by atoms with E-state index in [0.29, 0.717) is 0 Å². The number of rotatable bonds is 5. The van der Waals surface area contributed by atoms with E-state index in [1.165, 1.54) is 0 Å². The number of carboxylic acids is 1. The maximum atomic E-state index is 10.9. The molecule has 6 nitrogen and oxygen atoms in total. The second-order valence-corrected chi connectivity index (χ2v) is 2.87. The van der Waals surface area contributed by atoms with Crippen LogP contribution in [-0.4, -0.2) is 55.2 Å². The number of nitrogens with two attached hydrogens (primary N) is 1. The Hall–Kier alpha value is -1.14. The zero-order valence-electron chi connectivity index (χ0n) is 7.69. The molecule has 0 saturated carbocycles. The lowest BCUT2D eigenvalue weighted by Gasteiger charge is -2.10. The van der Waals surface area contributed by atoms with Crippen LogP contribution in [0.15, 0.2) is 0 Å². The predicted molar refractivity (Wildman–Crippen MR) is 45.1 cm³/mol. The lowest BCUT2D eigenvalue weighted by Crippen LogP contribution is -2.37. The SMILES string of the molecule is CN(C)CC(=O)OC[C@@H](N)C(=O)O. The van der Waals surface area contributed by atoms with E-state index in [9.17, 15) is 9.59 Å². The molecule has 13 heavy (non-hydrogen) atoms. The van der Waals surface area contributed by atoms with E-state index < -0.39 is 18.0 Å². The summed E-state index contributed by atoms with van der Waals surface area (Å²) in [6.07, 6.45) is 0. The Kier molecular flexibility index (Phi) is 5.01. The highest BCUT2D eigenvalue weighted by molar-refractivity contribution is 5.75. The smallest absolute Gasteiger partial charge is 0.324 e. The summed E-state index contributed by atoms with van der Waals surface area (Å²) in [5.41, 5.74) is 5.11. The van der Waals surface area contributed by atoms with Crippen LogP contribution in [0.25, 0.3) is 0 Å². The predicted octanol–water partition coefficient (Wildman–Crippen LogP) is -1.50. The van der Waals surface area contributed by atoms with Gasteiger partial charge in [0.25, 0.3) is 0 Å². The van der Waals surface area contributed by atoms with Gasteiger partial charge in [0.2, 0.25) is 0 Å². The summed E-state index contributed by atoms with van der Waals surface area (Å²) in [6.45, 7) is -0.172. The summed E-state index contributed by atoms with van der Waals surface area (Å²) < 4.78 is 4.59. The molecule has 0 amide bonds. The van der Waals surface area contributed by atoms with E-state index in [1.54, 1.807) is 19.0 Å². The zero-order valence-corrected chi connectivity index (χ0v) is 7.69. The summed E-state index contributed by atoms with van der Waals surface area (Å²) in [6, 6.07) is -1.15. The molecule has 0 unspecified atom stereocenters. The fraction of sp³-hybridized carbons (Fsp3) is 0.714. The van der Waals surface area contributed by atoms with Crippen molar-refractivity contribution in [2.75, 3.05) is 27.2 Å². The third kappa shape index (κ3) is 6.06. The van der Waals surface area contributed by atoms with Crippen molar-refractivity contribution in [2.24, 2.45) is 5.73 Å². The Morgan fingerprint density at radius 3 is 2.46 bits per heavy atom. The van der Waals surface area contributed by atoms with Crippen molar-refractivity contribution in [1.29, 1.82) is 0 Å². The van der Waals surface area contributed by atoms with E-state index in [-0.39, 0.29) is 13.2 Å². The molecule has 6 heteroatoms. The molecule has 0 heterocycles. The number of hydrogen-bond acceptors (Lipinski definition) is 5. The van der Waals surface area contributed by atoms with Crippen LogP contribution < -0.4 is 5.73 Å². The first-order valence-corrected chi connectivity index (χ1v) is 3.72. The summed E-state index contributed by atoms with van der Waals surface area (Å²) in [5, 5.41) is 8.35. The van der Waals surface area contributed by atoms with Crippen molar-refractivity contribution in [1.82, 2.24) is 4.90 Å². The highest BCUT2D eigenvalue weighted by Gasteiger charge is 2.14. The molecule has 0 bridgehead atoms. The van der Waals surface area contributed by atoms with Gasteiger partial charge in [0.1, 0.15) is 12.6 Å². The van der Waals surface area contributed by atoms with E-state index in [0.717, 1.165) is 0 Å². The highest BCUT2D eigenvalue weighted by Crippen LogP contribution is 1.85. The van der Waals surface area contributed by atoms with E-state index in [4.69, 9.17) is 10.8 Å². The van der Waals surface area contributed by atoms with E-state index >= 15 is 0 Å². The van der Waals surface area contributed by atoms with Gasteiger partial charge < -0.3 is 15.6 Å². The first-order chi connectivity index (χ1) is 5.93. The van der Waals surface area contributed by atoms with Crippen molar-refractivity contribution >= 4 is 11.9 Å². The number of aliphatic carboxylic acids is 1. The second kappa shape index (κ2) is 5.50. The average molecular weight is 190 g/mol. The average Bonchev–Trinajstić information content (AvgIpc) is 1.98. The molecule has 0 aliphatic carbocycles. The number of nitrogens with zero attached hydrogens (tertiary/aromatic N) is 1. The van der Waals surface area contributed by atoms with Crippen molar-refractivity contribution < 1.29 is 19.4 Å². The minimum atomic E-state index is -1.18. The summed E-state index contributed by atoms with van der Waals surface area (Å²) in [4.78, 5) is 22.7. The minimum Gasteiger partial charge on any atom is -0.480 e. The number of esters is 1. The molecule has 0 rings (SSSR count). The Bertz CT molecular complexity index is 193. The topological polar surface area (TPSA) is 92.9 Å². The zero-order chi connectivity index (χ0) is 10.4. The van der Waals surface area contributed by atoms with Gasteiger partial charge in [0.05, 0.1) is 6.54 Å². The molecule has 0 radical (unpaired) electrons. The van der Waals surface area contributed by atoms with Crippen molar-refractivity contribution in [2.45, 2.75) is 6.04 Å². The molecule has 0 fully saturated rings. The molecule has 0 aliphatic heterocycles. The first-order valence-electron chi connectivity index (χ1n) is 3.72. The third-order valence-corrected chi connectivity index (χ3v) is 1.19. The van der Waals surface area contributed by atoms with Crippen LogP contribution >= 0.6 is 0 Å². The van der Waals surface area contributed by atoms with Crippen molar-refractivity contribution in [3.05, 3.63) is 0 Å². The van der Waals surface area contributed by atoms with Crippen LogP contribution in [0.2, 0.25) is 0 Å². The van der Waals surface area contributed by atoms with Gasteiger partial charge in [-0.1, -0.05) is 0 Å². The lowest BCUT2D eigenvalue weighted by atomic mass is 10.3. The van der Waals surface area contributed by atoms with Crippen LogP contribution in [0.5, 0.6) is 0 Å². The minimum absolute atomic E-state index is 0.117. The van der Waals surface area contributed by atoms with Crippen LogP contribution in [0.3, 0.4) is 0 Å². The molecule has 0 aromatic carbocycles. The Labute approximate surface area is 76.3 Å². The molecule has 0 aliphatic rings. The van der Waals surface area contributed by atoms with Crippen molar-refractivity contribution in [3.63, 3.8) is 0 Å². The molecule has 0 spiro atoms. The molecule has 76 valence electrons. The maximum Gasteiger partial charge on any atom is 0.324 e. The number of carbonyl (C=O) groups excluding carboxylic acids is 1. The monoisotopic (exact) mass is 190 g/mol. The fourth-order valence-corrected chi connectivity index (χ4v) is 0.558. The third-order valence-electron chi connectivity index (χ3n) is 1.19. The summed E-state index contributed by atoms with van der Waals surface area (Å²) >= 11 is 0. The number of hydrogen-bond donors (Lipinski definition) is 2. The molecule has 3 N–H and O–H groups in total. The summed E-state index contributed by atoms with van der Waals surface area (Å²) in [5.74, 6) is -1.67. The van der Waals surface area contributed by atoms with Gasteiger partial charge in [-0.2, -0.15) is 0 Å². The van der Waals surface area contributed by atoms with Gasteiger partial charge >= 0.3 is 11.9 Å². The quantitative estimate of drug-likeness (QED) is 0.513. The molecular weight excluding hydrogens is 176 g/mol. The lowest BCUT2D eigenvalue weighted by molar-refractivity contribution is -0.148.